The zero-order valence-electron chi connectivity index (χ0n) is 11.0. The Morgan fingerprint density at radius 1 is 1.05 bits per heavy atom. The van der Waals surface area contributed by atoms with E-state index in [4.69, 9.17) is 4.74 Å². The van der Waals surface area contributed by atoms with Crippen LogP contribution in [0.4, 0.5) is 8.78 Å². The SMILES string of the molecule is CC(F)(F)C(=O)c1ccccc1OCc1ccccc1. The van der Waals surface area contributed by atoms with Crippen molar-refractivity contribution in [2.45, 2.75) is 19.5 Å². The Morgan fingerprint density at radius 2 is 1.65 bits per heavy atom. The molecule has 0 amide bonds. The first-order valence-corrected chi connectivity index (χ1v) is 6.17. The topological polar surface area (TPSA) is 26.3 Å². The number of hydrogen-bond acceptors (Lipinski definition) is 2. The van der Waals surface area contributed by atoms with E-state index in [1.807, 2.05) is 30.3 Å². The van der Waals surface area contributed by atoms with Crippen LogP contribution < -0.4 is 4.74 Å². The van der Waals surface area contributed by atoms with Crippen molar-refractivity contribution in [2.75, 3.05) is 0 Å². The van der Waals surface area contributed by atoms with Gasteiger partial charge in [0.2, 0.25) is 5.78 Å². The van der Waals surface area contributed by atoms with Crippen LogP contribution in [0.1, 0.15) is 22.8 Å². The molecule has 0 aromatic heterocycles. The maximum absolute atomic E-state index is 13.1. The van der Waals surface area contributed by atoms with Gasteiger partial charge in [0.05, 0.1) is 5.56 Å². The Labute approximate surface area is 116 Å². The molecule has 104 valence electrons. The molecule has 0 aliphatic rings. The first-order valence-electron chi connectivity index (χ1n) is 6.17. The van der Waals surface area contributed by atoms with E-state index in [0.717, 1.165) is 5.56 Å². The molecule has 4 heteroatoms. The van der Waals surface area contributed by atoms with Gasteiger partial charge in [0.15, 0.2) is 0 Å². The summed E-state index contributed by atoms with van der Waals surface area (Å²) in [6, 6.07) is 15.4. The van der Waals surface area contributed by atoms with Crippen LogP contribution in [0.5, 0.6) is 5.75 Å². The van der Waals surface area contributed by atoms with Crippen molar-refractivity contribution < 1.29 is 18.3 Å². The van der Waals surface area contributed by atoms with Crippen LogP contribution >= 0.6 is 0 Å². The summed E-state index contributed by atoms with van der Waals surface area (Å²) in [6.45, 7) is 0.809. The molecule has 2 aromatic carbocycles. The second-order valence-corrected chi connectivity index (χ2v) is 4.49. The van der Waals surface area contributed by atoms with Crippen molar-refractivity contribution >= 4 is 5.78 Å². The molecule has 0 spiro atoms. The van der Waals surface area contributed by atoms with Crippen LogP contribution in [0.3, 0.4) is 0 Å². The van der Waals surface area contributed by atoms with E-state index >= 15 is 0 Å². The zero-order chi connectivity index (χ0) is 14.6. The normalized spacial score (nSPS) is 11.2. The average molecular weight is 276 g/mol. The van der Waals surface area contributed by atoms with Crippen LogP contribution in [0.15, 0.2) is 54.6 Å². The molecule has 0 heterocycles. The Bertz CT molecular complexity index is 589. The highest BCUT2D eigenvalue weighted by molar-refractivity contribution is 6.03. The number of ketones is 1. The number of carbonyl (C=O) groups excluding carboxylic acids is 1. The average Bonchev–Trinajstić information content (AvgIpc) is 2.45. The number of para-hydroxylation sites is 1. The summed E-state index contributed by atoms with van der Waals surface area (Å²) < 4.78 is 31.8. The van der Waals surface area contributed by atoms with Gasteiger partial charge in [0.1, 0.15) is 12.4 Å². The molecular formula is C16H14F2O2. The van der Waals surface area contributed by atoms with Gasteiger partial charge in [-0.25, -0.2) is 0 Å². The molecule has 0 aliphatic carbocycles. The standard InChI is InChI=1S/C16H14F2O2/c1-16(17,18)15(19)13-9-5-6-10-14(13)20-11-12-7-3-2-4-8-12/h2-10H,11H2,1H3. The van der Waals surface area contributed by atoms with E-state index < -0.39 is 11.7 Å². The third kappa shape index (κ3) is 3.41. The van der Waals surface area contributed by atoms with Crippen LogP contribution in [-0.2, 0) is 6.61 Å². The highest BCUT2D eigenvalue weighted by Gasteiger charge is 2.34. The van der Waals surface area contributed by atoms with Gasteiger partial charge < -0.3 is 4.74 Å². The quantitative estimate of drug-likeness (QED) is 0.768. The van der Waals surface area contributed by atoms with Crippen molar-refractivity contribution in [1.29, 1.82) is 0 Å². The highest BCUT2D eigenvalue weighted by Crippen LogP contribution is 2.26. The monoisotopic (exact) mass is 276 g/mol. The molecule has 0 atom stereocenters. The summed E-state index contributed by atoms with van der Waals surface area (Å²) in [5, 5.41) is 0. The molecule has 2 nitrogen and oxygen atoms in total. The maximum Gasteiger partial charge on any atom is 0.307 e. The molecule has 0 unspecified atom stereocenters. The molecule has 2 aromatic rings. The summed E-state index contributed by atoms with van der Waals surface area (Å²) in [6.07, 6.45) is 0. The zero-order valence-corrected chi connectivity index (χ0v) is 11.0. The molecule has 2 rings (SSSR count). The molecule has 0 saturated carbocycles. The van der Waals surface area contributed by atoms with E-state index in [9.17, 15) is 13.6 Å². The van der Waals surface area contributed by atoms with E-state index in [0.29, 0.717) is 6.92 Å². The Morgan fingerprint density at radius 3 is 2.30 bits per heavy atom. The minimum absolute atomic E-state index is 0.101. The van der Waals surface area contributed by atoms with Gasteiger partial charge in [-0.2, -0.15) is 8.78 Å². The lowest BCUT2D eigenvalue weighted by molar-refractivity contribution is 0.0218. The molecule has 0 saturated heterocycles. The second-order valence-electron chi connectivity index (χ2n) is 4.49. The first-order chi connectivity index (χ1) is 9.48. The van der Waals surface area contributed by atoms with E-state index in [1.165, 1.54) is 18.2 Å². The van der Waals surface area contributed by atoms with E-state index in [2.05, 4.69) is 0 Å². The van der Waals surface area contributed by atoms with Gasteiger partial charge in [-0.05, 0) is 17.7 Å². The van der Waals surface area contributed by atoms with E-state index in [1.54, 1.807) is 6.07 Å². The van der Waals surface area contributed by atoms with Crippen molar-refractivity contribution in [3.05, 3.63) is 65.7 Å². The molecule has 0 bridgehead atoms. The van der Waals surface area contributed by atoms with Crippen LogP contribution in [0.25, 0.3) is 0 Å². The van der Waals surface area contributed by atoms with E-state index in [-0.39, 0.29) is 17.9 Å². The Balaban J connectivity index is 2.19. The third-order valence-corrected chi connectivity index (χ3v) is 2.77. The number of halogens is 2. The number of carbonyl (C=O) groups is 1. The molecule has 0 aliphatic heterocycles. The number of rotatable bonds is 5. The molecule has 0 radical (unpaired) electrons. The van der Waals surface area contributed by atoms with Crippen molar-refractivity contribution in [1.82, 2.24) is 0 Å². The van der Waals surface area contributed by atoms with Crippen LogP contribution in [-0.4, -0.2) is 11.7 Å². The lowest BCUT2D eigenvalue weighted by atomic mass is 10.1. The van der Waals surface area contributed by atoms with Crippen LogP contribution in [0, 0.1) is 0 Å². The Hall–Kier alpha value is -2.23. The maximum atomic E-state index is 13.1. The predicted molar refractivity (Wildman–Crippen MR) is 72.2 cm³/mol. The van der Waals surface area contributed by atoms with Crippen LogP contribution in [0.2, 0.25) is 0 Å². The minimum Gasteiger partial charge on any atom is -0.488 e. The summed E-state index contributed by atoms with van der Waals surface area (Å²) in [4.78, 5) is 11.7. The second kappa shape index (κ2) is 5.82. The van der Waals surface area contributed by atoms with Gasteiger partial charge in [-0.15, -0.1) is 0 Å². The fraction of sp³-hybridized carbons (Fsp3) is 0.188. The lowest BCUT2D eigenvalue weighted by Crippen LogP contribution is -2.24. The minimum atomic E-state index is -3.41. The van der Waals surface area contributed by atoms with Crippen molar-refractivity contribution in [3.8, 4) is 5.75 Å². The fourth-order valence-electron chi connectivity index (χ4n) is 1.75. The van der Waals surface area contributed by atoms with Crippen molar-refractivity contribution in [3.63, 3.8) is 0 Å². The largest absolute Gasteiger partial charge is 0.488 e. The smallest absolute Gasteiger partial charge is 0.307 e. The number of benzene rings is 2. The fourth-order valence-corrected chi connectivity index (χ4v) is 1.75. The lowest BCUT2D eigenvalue weighted by Gasteiger charge is -2.13. The predicted octanol–water partition coefficient (Wildman–Crippen LogP) is 4.10. The number of Topliss-reactive ketones (excluding diaryl/α,β-unsaturated/α-hetero) is 1. The summed E-state index contributed by atoms with van der Waals surface area (Å²) in [5.74, 6) is -4.48. The van der Waals surface area contributed by atoms with Gasteiger partial charge in [0.25, 0.3) is 0 Å². The summed E-state index contributed by atoms with van der Waals surface area (Å²) in [7, 11) is 0. The summed E-state index contributed by atoms with van der Waals surface area (Å²) in [5.41, 5.74) is 0.800. The van der Waals surface area contributed by atoms with Gasteiger partial charge in [-0.1, -0.05) is 42.5 Å². The third-order valence-electron chi connectivity index (χ3n) is 2.77. The highest BCUT2D eigenvalue weighted by atomic mass is 19.3. The summed E-state index contributed by atoms with van der Waals surface area (Å²) >= 11 is 0. The van der Waals surface area contributed by atoms with Gasteiger partial charge in [0, 0.05) is 6.92 Å². The Kier molecular flexibility index (Phi) is 4.13. The number of alkyl halides is 2. The molecule has 0 N–H and O–H groups in total. The van der Waals surface area contributed by atoms with Crippen molar-refractivity contribution in [2.24, 2.45) is 0 Å². The van der Waals surface area contributed by atoms with Gasteiger partial charge >= 0.3 is 5.92 Å². The first kappa shape index (κ1) is 14.2. The molecule has 0 fully saturated rings. The number of ether oxygens (including phenoxy) is 1. The molecule has 20 heavy (non-hydrogen) atoms. The van der Waals surface area contributed by atoms with Gasteiger partial charge in [-0.3, -0.25) is 4.79 Å². The number of hydrogen-bond donors (Lipinski definition) is 0. The molecular weight excluding hydrogens is 262 g/mol.